The van der Waals surface area contributed by atoms with Gasteiger partial charge in [0.2, 0.25) is 0 Å². The molecule has 0 amide bonds. The number of nitrogens with one attached hydrogen (secondary N) is 1. The van der Waals surface area contributed by atoms with Crippen LogP contribution >= 0.6 is 11.6 Å². The molecule has 21 heavy (non-hydrogen) atoms. The molecule has 0 saturated heterocycles. The molecule has 0 saturated carbocycles. The minimum absolute atomic E-state index is 0.310. The number of aliphatic hydroxyl groups excluding tert-OH is 1. The smallest absolute Gasteiger partial charge is 0.0897 e. The van der Waals surface area contributed by atoms with Gasteiger partial charge in [0.25, 0.3) is 0 Å². The van der Waals surface area contributed by atoms with Crippen LogP contribution in [-0.4, -0.2) is 24.4 Å². The molecule has 0 unspecified atom stereocenters. The van der Waals surface area contributed by atoms with Gasteiger partial charge in [0.05, 0.1) is 19.3 Å². The summed E-state index contributed by atoms with van der Waals surface area (Å²) >= 11 is 5.81. The molecular weight excluding hydrogens is 286 g/mol. The fraction of sp³-hybridized carbons (Fsp3) is 0.294. The van der Waals surface area contributed by atoms with E-state index in [1.807, 2.05) is 42.5 Å². The maximum Gasteiger partial charge on any atom is 0.0897 e. The first-order valence-electron chi connectivity index (χ1n) is 6.99. The molecular formula is C17H20ClNO2. The molecule has 2 rings (SSSR count). The van der Waals surface area contributed by atoms with Crippen molar-refractivity contribution in [1.29, 1.82) is 0 Å². The van der Waals surface area contributed by atoms with E-state index in [0.717, 1.165) is 12.1 Å². The molecule has 1 atom stereocenters. The van der Waals surface area contributed by atoms with Crippen LogP contribution in [0.4, 0.5) is 0 Å². The lowest BCUT2D eigenvalue weighted by Crippen LogP contribution is -2.30. The minimum Gasteiger partial charge on any atom is -0.389 e. The van der Waals surface area contributed by atoms with E-state index < -0.39 is 6.10 Å². The van der Waals surface area contributed by atoms with Gasteiger partial charge >= 0.3 is 0 Å². The van der Waals surface area contributed by atoms with Crippen molar-refractivity contribution in [2.75, 3.05) is 13.2 Å². The molecule has 2 aromatic carbocycles. The van der Waals surface area contributed by atoms with E-state index in [-0.39, 0.29) is 0 Å². The second-order valence-electron chi connectivity index (χ2n) is 4.91. The Morgan fingerprint density at radius 1 is 1.00 bits per heavy atom. The number of aliphatic hydroxyl groups is 1. The SMILES string of the molecule is O[C@@H](CNCc1ccccc1)COCc1ccc(Cl)cc1. The summed E-state index contributed by atoms with van der Waals surface area (Å²) in [5.74, 6) is 0. The van der Waals surface area contributed by atoms with Crippen molar-refractivity contribution >= 4 is 11.6 Å². The minimum atomic E-state index is -0.513. The molecule has 112 valence electrons. The Bertz CT molecular complexity index is 516. The first kappa shape index (κ1) is 16.0. The number of halogens is 1. The summed E-state index contributed by atoms with van der Waals surface area (Å²) in [4.78, 5) is 0. The van der Waals surface area contributed by atoms with Crippen molar-refractivity contribution in [2.24, 2.45) is 0 Å². The Morgan fingerprint density at radius 3 is 2.43 bits per heavy atom. The van der Waals surface area contributed by atoms with Crippen LogP contribution in [0, 0.1) is 0 Å². The Balaban J connectivity index is 1.59. The highest BCUT2D eigenvalue weighted by molar-refractivity contribution is 6.30. The molecule has 0 spiro atoms. The van der Waals surface area contributed by atoms with E-state index in [1.54, 1.807) is 0 Å². The summed E-state index contributed by atoms with van der Waals surface area (Å²) in [5.41, 5.74) is 2.25. The third kappa shape index (κ3) is 6.27. The van der Waals surface area contributed by atoms with Gasteiger partial charge in [-0.3, -0.25) is 0 Å². The van der Waals surface area contributed by atoms with Gasteiger partial charge < -0.3 is 15.2 Å². The van der Waals surface area contributed by atoms with E-state index in [9.17, 15) is 5.11 Å². The average molecular weight is 306 g/mol. The summed E-state index contributed by atoms with van der Waals surface area (Å²) in [6.07, 6.45) is -0.513. The number of hydrogen-bond donors (Lipinski definition) is 2. The Morgan fingerprint density at radius 2 is 1.71 bits per heavy atom. The van der Waals surface area contributed by atoms with Crippen molar-refractivity contribution in [3.8, 4) is 0 Å². The fourth-order valence-corrected chi connectivity index (χ4v) is 2.06. The van der Waals surface area contributed by atoms with Crippen LogP contribution in [0.25, 0.3) is 0 Å². The van der Waals surface area contributed by atoms with Gasteiger partial charge in [-0.15, -0.1) is 0 Å². The maximum absolute atomic E-state index is 9.84. The van der Waals surface area contributed by atoms with E-state index in [1.165, 1.54) is 5.56 Å². The molecule has 0 fully saturated rings. The largest absolute Gasteiger partial charge is 0.389 e. The van der Waals surface area contributed by atoms with Crippen LogP contribution in [0.3, 0.4) is 0 Å². The third-order valence-electron chi connectivity index (χ3n) is 3.04. The normalized spacial score (nSPS) is 12.3. The maximum atomic E-state index is 9.84. The standard InChI is InChI=1S/C17H20ClNO2/c18-16-8-6-15(7-9-16)12-21-13-17(20)11-19-10-14-4-2-1-3-5-14/h1-9,17,19-20H,10-13H2/t17-/m0/s1. The van der Waals surface area contributed by atoms with Crippen LogP contribution in [-0.2, 0) is 17.9 Å². The van der Waals surface area contributed by atoms with Gasteiger partial charge in [-0.25, -0.2) is 0 Å². The van der Waals surface area contributed by atoms with Crippen LogP contribution < -0.4 is 5.32 Å². The quantitative estimate of drug-likeness (QED) is 0.788. The molecule has 0 aliphatic rings. The van der Waals surface area contributed by atoms with Gasteiger partial charge in [0, 0.05) is 18.1 Å². The zero-order chi connectivity index (χ0) is 14.9. The zero-order valence-electron chi connectivity index (χ0n) is 11.8. The first-order valence-corrected chi connectivity index (χ1v) is 7.37. The predicted molar refractivity (Wildman–Crippen MR) is 85.3 cm³/mol. The van der Waals surface area contributed by atoms with Crippen LogP contribution in [0.5, 0.6) is 0 Å². The number of ether oxygens (including phenoxy) is 1. The lowest BCUT2D eigenvalue weighted by atomic mass is 10.2. The highest BCUT2D eigenvalue weighted by Crippen LogP contribution is 2.10. The summed E-state index contributed by atoms with van der Waals surface area (Å²) < 4.78 is 5.49. The van der Waals surface area contributed by atoms with Gasteiger partial charge in [0.15, 0.2) is 0 Å². The summed E-state index contributed by atoms with van der Waals surface area (Å²) in [6.45, 7) is 2.04. The molecule has 0 heterocycles. The van der Waals surface area contributed by atoms with Crippen molar-refractivity contribution < 1.29 is 9.84 Å². The molecule has 0 bridgehead atoms. The summed E-state index contributed by atoms with van der Waals surface area (Å²) in [5, 5.41) is 13.8. The summed E-state index contributed by atoms with van der Waals surface area (Å²) in [7, 11) is 0. The Kier molecular flexibility index (Phi) is 6.70. The van der Waals surface area contributed by atoms with Gasteiger partial charge in [-0.2, -0.15) is 0 Å². The highest BCUT2D eigenvalue weighted by atomic mass is 35.5. The van der Waals surface area contributed by atoms with Gasteiger partial charge in [-0.05, 0) is 23.3 Å². The van der Waals surface area contributed by atoms with Crippen molar-refractivity contribution in [3.63, 3.8) is 0 Å². The molecule has 0 aliphatic carbocycles. The highest BCUT2D eigenvalue weighted by Gasteiger charge is 2.04. The van der Waals surface area contributed by atoms with Crippen LogP contribution in [0.15, 0.2) is 54.6 Å². The number of benzene rings is 2. The van der Waals surface area contributed by atoms with Gasteiger partial charge in [0.1, 0.15) is 0 Å². The lowest BCUT2D eigenvalue weighted by molar-refractivity contribution is 0.0287. The molecule has 2 N–H and O–H groups in total. The second-order valence-corrected chi connectivity index (χ2v) is 5.35. The molecule has 0 aliphatic heterocycles. The van der Waals surface area contributed by atoms with Crippen molar-refractivity contribution in [1.82, 2.24) is 5.32 Å². The molecule has 0 aromatic heterocycles. The van der Waals surface area contributed by atoms with E-state index in [4.69, 9.17) is 16.3 Å². The van der Waals surface area contributed by atoms with Gasteiger partial charge in [-0.1, -0.05) is 54.1 Å². The number of hydrogen-bond acceptors (Lipinski definition) is 3. The van der Waals surface area contributed by atoms with Crippen molar-refractivity contribution in [2.45, 2.75) is 19.3 Å². The monoisotopic (exact) mass is 305 g/mol. The van der Waals surface area contributed by atoms with Crippen LogP contribution in [0.2, 0.25) is 5.02 Å². The second kappa shape index (κ2) is 8.80. The third-order valence-corrected chi connectivity index (χ3v) is 3.30. The Hall–Kier alpha value is -1.39. The molecule has 2 aromatic rings. The van der Waals surface area contributed by atoms with Crippen LogP contribution in [0.1, 0.15) is 11.1 Å². The summed E-state index contributed by atoms with van der Waals surface area (Å²) in [6, 6.07) is 17.6. The zero-order valence-corrected chi connectivity index (χ0v) is 12.6. The van der Waals surface area contributed by atoms with Crippen molar-refractivity contribution in [3.05, 3.63) is 70.7 Å². The number of rotatable bonds is 8. The first-order chi connectivity index (χ1) is 10.2. The fourth-order valence-electron chi connectivity index (χ4n) is 1.93. The average Bonchev–Trinajstić information content (AvgIpc) is 2.50. The van der Waals surface area contributed by atoms with E-state index >= 15 is 0 Å². The topological polar surface area (TPSA) is 41.5 Å². The van der Waals surface area contributed by atoms with E-state index in [0.29, 0.717) is 24.8 Å². The Labute approximate surface area is 130 Å². The molecule has 0 radical (unpaired) electrons. The van der Waals surface area contributed by atoms with E-state index in [2.05, 4.69) is 17.4 Å². The molecule has 3 nitrogen and oxygen atoms in total. The molecule has 4 heteroatoms. The lowest BCUT2D eigenvalue weighted by Gasteiger charge is -2.12. The predicted octanol–water partition coefficient (Wildman–Crippen LogP) is 3.01.